The van der Waals surface area contributed by atoms with Gasteiger partial charge in [0.1, 0.15) is 30.0 Å². The Morgan fingerprint density at radius 3 is 2.43 bits per heavy atom. The molecule has 0 aromatic heterocycles. The monoisotopic (exact) mass is 352 g/mol. The Labute approximate surface area is 132 Å². The van der Waals surface area contributed by atoms with Gasteiger partial charge < -0.3 is 19.3 Å². The van der Waals surface area contributed by atoms with Crippen molar-refractivity contribution < 1.29 is 19.3 Å². The highest BCUT2D eigenvalue weighted by Crippen LogP contribution is 2.30. The third kappa shape index (κ3) is 4.12. The van der Waals surface area contributed by atoms with E-state index in [2.05, 4.69) is 15.9 Å². The summed E-state index contributed by atoms with van der Waals surface area (Å²) in [6.07, 6.45) is -0.728. The van der Waals surface area contributed by atoms with E-state index in [0.717, 1.165) is 15.8 Å². The van der Waals surface area contributed by atoms with Gasteiger partial charge in [0, 0.05) is 0 Å². The number of methoxy groups -OCH3 is 2. The van der Waals surface area contributed by atoms with Crippen LogP contribution in [0.2, 0.25) is 0 Å². The molecule has 2 rings (SSSR count). The van der Waals surface area contributed by atoms with Crippen molar-refractivity contribution in [3.8, 4) is 17.2 Å². The van der Waals surface area contributed by atoms with Crippen molar-refractivity contribution >= 4 is 15.9 Å². The molecule has 0 aliphatic rings. The summed E-state index contributed by atoms with van der Waals surface area (Å²) in [5.74, 6) is 2.09. The molecule has 0 aliphatic carbocycles. The molecule has 0 bridgehead atoms. The average molecular weight is 353 g/mol. The van der Waals surface area contributed by atoms with Gasteiger partial charge in [0.2, 0.25) is 0 Å². The van der Waals surface area contributed by atoms with Crippen molar-refractivity contribution in [2.75, 3.05) is 20.8 Å². The first-order chi connectivity index (χ1) is 10.1. The van der Waals surface area contributed by atoms with E-state index in [1.807, 2.05) is 24.3 Å². The zero-order valence-electron chi connectivity index (χ0n) is 11.9. The second-order valence-corrected chi connectivity index (χ2v) is 5.25. The maximum atomic E-state index is 10.2. The van der Waals surface area contributed by atoms with Gasteiger partial charge in [-0.1, -0.05) is 12.1 Å². The van der Waals surface area contributed by atoms with Crippen molar-refractivity contribution in [2.24, 2.45) is 0 Å². The van der Waals surface area contributed by atoms with Crippen LogP contribution >= 0.6 is 15.9 Å². The van der Waals surface area contributed by atoms with Crippen molar-refractivity contribution in [3.05, 3.63) is 52.5 Å². The lowest BCUT2D eigenvalue weighted by Crippen LogP contribution is -2.10. The molecule has 0 radical (unpaired) electrons. The summed E-state index contributed by atoms with van der Waals surface area (Å²) in [6, 6.07) is 12.7. The fraction of sp³-hybridized carbons (Fsp3) is 0.250. The molecule has 0 amide bonds. The Morgan fingerprint density at radius 1 is 1.05 bits per heavy atom. The molecule has 0 spiro atoms. The highest BCUT2D eigenvalue weighted by Gasteiger charge is 2.11. The zero-order chi connectivity index (χ0) is 15.2. The van der Waals surface area contributed by atoms with Crippen LogP contribution in [0.5, 0.6) is 17.2 Å². The SMILES string of the molecule is COc1cccc(C(O)COc2ccc(OC)cc2Br)c1. The topological polar surface area (TPSA) is 47.9 Å². The number of aliphatic hydroxyl groups excluding tert-OH is 1. The molecular weight excluding hydrogens is 336 g/mol. The van der Waals surface area contributed by atoms with Gasteiger partial charge in [0.25, 0.3) is 0 Å². The quantitative estimate of drug-likeness (QED) is 0.863. The van der Waals surface area contributed by atoms with E-state index in [4.69, 9.17) is 14.2 Å². The van der Waals surface area contributed by atoms with E-state index < -0.39 is 6.10 Å². The third-order valence-corrected chi connectivity index (χ3v) is 3.63. The normalized spacial score (nSPS) is 11.8. The summed E-state index contributed by atoms with van der Waals surface area (Å²) < 4.78 is 16.7. The molecule has 0 fully saturated rings. The van der Waals surface area contributed by atoms with Gasteiger partial charge in [-0.15, -0.1) is 0 Å². The van der Waals surface area contributed by atoms with Crippen molar-refractivity contribution in [1.29, 1.82) is 0 Å². The number of hydrogen-bond acceptors (Lipinski definition) is 4. The molecule has 0 saturated carbocycles. The van der Waals surface area contributed by atoms with Gasteiger partial charge in [-0.05, 0) is 51.8 Å². The van der Waals surface area contributed by atoms with Gasteiger partial charge in [-0.3, -0.25) is 0 Å². The Hall–Kier alpha value is -1.72. The first-order valence-corrected chi connectivity index (χ1v) is 7.21. The van der Waals surface area contributed by atoms with Crippen LogP contribution in [0, 0.1) is 0 Å². The molecule has 21 heavy (non-hydrogen) atoms. The number of hydrogen-bond donors (Lipinski definition) is 1. The van der Waals surface area contributed by atoms with Crippen molar-refractivity contribution in [2.45, 2.75) is 6.10 Å². The second-order valence-electron chi connectivity index (χ2n) is 4.40. The van der Waals surface area contributed by atoms with Gasteiger partial charge in [0.15, 0.2) is 0 Å². The minimum absolute atomic E-state index is 0.151. The Kier molecular flexibility index (Phi) is 5.47. The molecule has 1 unspecified atom stereocenters. The first-order valence-electron chi connectivity index (χ1n) is 6.42. The van der Waals surface area contributed by atoms with Gasteiger partial charge >= 0.3 is 0 Å². The van der Waals surface area contributed by atoms with Gasteiger partial charge in [0.05, 0.1) is 18.7 Å². The molecule has 0 saturated heterocycles. The van der Waals surface area contributed by atoms with E-state index in [0.29, 0.717) is 11.5 Å². The molecular formula is C16H17BrO4. The van der Waals surface area contributed by atoms with Crippen molar-refractivity contribution in [3.63, 3.8) is 0 Å². The van der Waals surface area contributed by atoms with Crippen LogP contribution in [0.1, 0.15) is 11.7 Å². The minimum Gasteiger partial charge on any atom is -0.497 e. The van der Waals surface area contributed by atoms with E-state index in [1.165, 1.54) is 0 Å². The predicted molar refractivity (Wildman–Crippen MR) is 84.1 cm³/mol. The highest BCUT2D eigenvalue weighted by atomic mass is 79.9. The summed E-state index contributed by atoms with van der Waals surface area (Å²) in [5.41, 5.74) is 0.749. The molecule has 1 N–H and O–H groups in total. The van der Waals surface area contributed by atoms with Crippen LogP contribution in [-0.2, 0) is 0 Å². The maximum absolute atomic E-state index is 10.2. The lowest BCUT2D eigenvalue weighted by Gasteiger charge is -2.14. The molecule has 2 aromatic carbocycles. The second kappa shape index (κ2) is 7.33. The van der Waals surface area contributed by atoms with Crippen LogP contribution in [0.25, 0.3) is 0 Å². The Bertz CT molecular complexity index is 601. The van der Waals surface area contributed by atoms with Crippen LogP contribution in [0.4, 0.5) is 0 Å². The Morgan fingerprint density at radius 2 is 1.76 bits per heavy atom. The fourth-order valence-corrected chi connectivity index (χ4v) is 2.31. The highest BCUT2D eigenvalue weighted by molar-refractivity contribution is 9.10. The smallest absolute Gasteiger partial charge is 0.133 e. The fourth-order valence-electron chi connectivity index (χ4n) is 1.84. The third-order valence-electron chi connectivity index (χ3n) is 3.01. The lowest BCUT2D eigenvalue weighted by molar-refractivity contribution is 0.107. The summed E-state index contributed by atoms with van der Waals surface area (Å²) in [7, 11) is 3.20. The summed E-state index contributed by atoms with van der Waals surface area (Å²) in [6.45, 7) is 0.151. The largest absolute Gasteiger partial charge is 0.497 e. The number of benzene rings is 2. The molecule has 1 atom stereocenters. The van der Waals surface area contributed by atoms with E-state index in [1.54, 1.807) is 32.4 Å². The van der Waals surface area contributed by atoms with Crippen molar-refractivity contribution in [1.82, 2.24) is 0 Å². The predicted octanol–water partition coefficient (Wildman–Crippen LogP) is 3.58. The molecule has 0 aliphatic heterocycles. The molecule has 112 valence electrons. The molecule has 2 aromatic rings. The number of ether oxygens (including phenoxy) is 3. The average Bonchev–Trinajstić information content (AvgIpc) is 2.53. The molecule has 4 nitrogen and oxygen atoms in total. The number of aliphatic hydroxyl groups is 1. The zero-order valence-corrected chi connectivity index (χ0v) is 13.5. The summed E-state index contributed by atoms with van der Waals surface area (Å²) in [5, 5.41) is 10.2. The van der Waals surface area contributed by atoms with Gasteiger partial charge in [-0.2, -0.15) is 0 Å². The summed E-state index contributed by atoms with van der Waals surface area (Å²) >= 11 is 3.41. The summed E-state index contributed by atoms with van der Waals surface area (Å²) in [4.78, 5) is 0. The lowest BCUT2D eigenvalue weighted by atomic mass is 10.1. The molecule has 5 heteroatoms. The number of rotatable bonds is 6. The van der Waals surface area contributed by atoms with Crippen LogP contribution in [-0.4, -0.2) is 25.9 Å². The molecule has 0 heterocycles. The maximum Gasteiger partial charge on any atom is 0.133 e. The van der Waals surface area contributed by atoms with Crippen LogP contribution in [0.3, 0.4) is 0 Å². The van der Waals surface area contributed by atoms with Crippen LogP contribution < -0.4 is 14.2 Å². The number of halogens is 1. The Balaban J connectivity index is 2.01. The van der Waals surface area contributed by atoms with Gasteiger partial charge in [-0.25, -0.2) is 0 Å². The van der Waals surface area contributed by atoms with E-state index in [-0.39, 0.29) is 6.61 Å². The van der Waals surface area contributed by atoms with E-state index >= 15 is 0 Å². The minimum atomic E-state index is -0.728. The van der Waals surface area contributed by atoms with Crippen LogP contribution in [0.15, 0.2) is 46.9 Å². The standard InChI is InChI=1S/C16H17BrO4/c1-19-12-5-3-4-11(8-12)15(18)10-21-16-7-6-13(20-2)9-14(16)17/h3-9,15,18H,10H2,1-2H3. The first kappa shape index (κ1) is 15.7. The van der Waals surface area contributed by atoms with E-state index in [9.17, 15) is 5.11 Å².